The first-order valence-corrected chi connectivity index (χ1v) is 8.69. The maximum Gasteiger partial charge on any atom is 0.416 e. The minimum absolute atomic E-state index is 0.00875. The number of furan rings is 1. The van der Waals surface area contributed by atoms with E-state index in [2.05, 4.69) is 5.32 Å². The van der Waals surface area contributed by atoms with Gasteiger partial charge in [0.25, 0.3) is 0 Å². The molecule has 28 heavy (non-hydrogen) atoms. The number of nitrogens with zero attached hydrogens (tertiary/aromatic N) is 1. The van der Waals surface area contributed by atoms with Crippen LogP contribution in [0.1, 0.15) is 24.7 Å². The summed E-state index contributed by atoms with van der Waals surface area (Å²) in [4.78, 5) is 25.4. The Morgan fingerprint density at radius 1 is 1.29 bits per heavy atom. The number of carbonyl (C=O) groups is 2. The number of benzene rings is 1. The number of nitrogens with one attached hydrogen (secondary N) is 1. The van der Waals surface area contributed by atoms with Crippen molar-refractivity contribution in [3.63, 3.8) is 0 Å². The maximum absolute atomic E-state index is 12.9. The average molecular weight is 419 g/mol. The smallest absolute Gasteiger partial charge is 0.416 e. The lowest BCUT2D eigenvalue weighted by atomic mass is 10.2. The molecule has 0 aliphatic heterocycles. The fourth-order valence-corrected chi connectivity index (χ4v) is 2.46. The van der Waals surface area contributed by atoms with Crippen molar-refractivity contribution in [2.75, 3.05) is 18.5 Å². The topological polar surface area (TPSA) is 71.8 Å². The Morgan fingerprint density at radius 3 is 2.64 bits per heavy atom. The first kappa shape index (κ1) is 21.6. The van der Waals surface area contributed by atoms with Crippen molar-refractivity contribution in [1.29, 1.82) is 0 Å². The molecule has 10 heteroatoms. The van der Waals surface area contributed by atoms with Gasteiger partial charge in [0.2, 0.25) is 0 Å². The quantitative estimate of drug-likeness (QED) is 0.646. The van der Waals surface area contributed by atoms with E-state index in [1.165, 1.54) is 11.2 Å². The summed E-state index contributed by atoms with van der Waals surface area (Å²) in [6.07, 6.45) is -3.25. The van der Waals surface area contributed by atoms with Crippen LogP contribution in [0.2, 0.25) is 5.02 Å². The van der Waals surface area contributed by atoms with E-state index >= 15 is 0 Å². The molecule has 0 saturated heterocycles. The predicted octanol–water partition coefficient (Wildman–Crippen LogP) is 4.94. The number of alkyl halides is 3. The number of urea groups is 1. The summed E-state index contributed by atoms with van der Waals surface area (Å²) in [5, 5.41) is 2.30. The van der Waals surface area contributed by atoms with Gasteiger partial charge in [0.1, 0.15) is 5.76 Å². The molecule has 0 unspecified atom stereocenters. The van der Waals surface area contributed by atoms with Crippen LogP contribution in [0.3, 0.4) is 0 Å². The van der Waals surface area contributed by atoms with Gasteiger partial charge in [-0.15, -0.1) is 0 Å². The second-order valence-corrected chi connectivity index (χ2v) is 6.09. The molecule has 0 radical (unpaired) electrons. The normalized spacial score (nSPS) is 11.2. The van der Waals surface area contributed by atoms with Crippen LogP contribution >= 0.6 is 11.6 Å². The largest absolute Gasteiger partial charge is 0.467 e. The van der Waals surface area contributed by atoms with Crippen molar-refractivity contribution in [3.8, 4) is 0 Å². The van der Waals surface area contributed by atoms with Gasteiger partial charge < -0.3 is 19.4 Å². The van der Waals surface area contributed by atoms with Crippen molar-refractivity contribution >= 4 is 29.3 Å². The lowest BCUT2D eigenvalue weighted by Gasteiger charge is -2.22. The molecular weight excluding hydrogens is 401 g/mol. The summed E-state index contributed by atoms with van der Waals surface area (Å²) in [6.45, 7) is 1.83. The van der Waals surface area contributed by atoms with Gasteiger partial charge in [0.05, 0.1) is 42.1 Å². The van der Waals surface area contributed by atoms with Crippen LogP contribution in [-0.4, -0.2) is 30.1 Å². The van der Waals surface area contributed by atoms with E-state index in [4.69, 9.17) is 20.8 Å². The highest BCUT2D eigenvalue weighted by Gasteiger charge is 2.31. The number of carbonyl (C=O) groups excluding carboxylic acids is 2. The van der Waals surface area contributed by atoms with E-state index in [-0.39, 0.29) is 36.8 Å². The van der Waals surface area contributed by atoms with E-state index in [9.17, 15) is 22.8 Å². The highest BCUT2D eigenvalue weighted by atomic mass is 35.5. The van der Waals surface area contributed by atoms with Crippen molar-refractivity contribution < 1.29 is 31.9 Å². The van der Waals surface area contributed by atoms with Gasteiger partial charge in [0.15, 0.2) is 0 Å². The molecule has 2 rings (SSSR count). The Labute approximate surface area is 164 Å². The number of hydrogen-bond acceptors (Lipinski definition) is 4. The molecule has 1 aromatic heterocycles. The molecule has 2 aromatic rings. The van der Waals surface area contributed by atoms with Gasteiger partial charge >= 0.3 is 18.2 Å². The minimum atomic E-state index is -4.58. The Bertz CT molecular complexity index is 810. The molecule has 1 heterocycles. The number of ether oxygens (including phenoxy) is 1. The van der Waals surface area contributed by atoms with Crippen LogP contribution in [0.15, 0.2) is 41.0 Å². The molecule has 0 atom stereocenters. The molecule has 6 nitrogen and oxygen atoms in total. The zero-order valence-electron chi connectivity index (χ0n) is 14.9. The lowest BCUT2D eigenvalue weighted by Crippen LogP contribution is -2.36. The zero-order valence-corrected chi connectivity index (χ0v) is 15.6. The Kier molecular flexibility index (Phi) is 7.33. The van der Waals surface area contributed by atoms with Gasteiger partial charge in [-0.25, -0.2) is 4.79 Å². The number of anilines is 1. The fourth-order valence-electron chi connectivity index (χ4n) is 2.29. The first-order chi connectivity index (χ1) is 13.2. The van der Waals surface area contributed by atoms with Crippen molar-refractivity contribution in [2.24, 2.45) is 0 Å². The molecule has 0 bridgehead atoms. The van der Waals surface area contributed by atoms with E-state index in [0.29, 0.717) is 5.76 Å². The third-order valence-electron chi connectivity index (χ3n) is 3.64. The molecule has 0 aliphatic carbocycles. The number of esters is 1. The molecule has 0 saturated carbocycles. The molecular formula is C18H18ClF3N2O4. The molecule has 0 spiro atoms. The Hall–Kier alpha value is -2.68. The van der Waals surface area contributed by atoms with Crippen molar-refractivity contribution in [3.05, 3.63) is 52.9 Å². The highest BCUT2D eigenvalue weighted by Crippen LogP contribution is 2.34. The third kappa shape index (κ3) is 6.19. The molecule has 1 aromatic carbocycles. The van der Waals surface area contributed by atoms with Crippen molar-refractivity contribution in [2.45, 2.75) is 26.1 Å². The number of amides is 2. The summed E-state index contributed by atoms with van der Waals surface area (Å²) in [7, 11) is 0. The molecule has 2 amide bonds. The number of halogens is 4. The predicted molar refractivity (Wildman–Crippen MR) is 95.8 cm³/mol. The van der Waals surface area contributed by atoms with E-state index in [0.717, 1.165) is 18.2 Å². The van der Waals surface area contributed by atoms with Gasteiger partial charge in [-0.05, 0) is 37.3 Å². The molecule has 1 N–H and O–H groups in total. The average Bonchev–Trinajstić information content (AvgIpc) is 3.12. The number of rotatable bonds is 7. The number of hydrogen-bond donors (Lipinski definition) is 1. The summed E-state index contributed by atoms with van der Waals surface area (Å²) in [5.74, 6) is -0.0639. The Morgan fingerprint density at radius 2 is 2.04 bits per heavy atom. The van der Waals surface area contributed by atoms with Gasteiger partial charge in [-0.3, -0.25) is 4.79 Å². The summed E-state index contributed by atoms with van der Waals surface area (Å²) < 4.78 is 48.7. The third-order valence-corrected chi connectivity index (χ3v) is 3.97. The van der Waals surface area contributed by atoms with E-state index in [1.54, 1.807) is 19.1 Å². The van der Waals surface area contributed by atoms with Crippen LogP contribution in [-0.2, 0) is 22.3 Å². The highest BCUT2D eigenvalue weighted by molar-refractivity contribution is 6.33. The molecule has 0 fully saturated rings. The first-order valence-electron chi connectivity index (χ1n) is 8.31. The van der Waals surface area contributed by atoms with Crippen LogP contribution in [0, 0.1) is 0 Å². The standard InChI is InChI=1S/C18H18ClF3N2O4/c1-2-27-16(25)7-8-24(11-13-4-3-9-28-13)17(26)23-15-10-12(18(20,21)22)5-6-14(15)19/h3-6,9-10H,2,7-8,11H2,1H3,(H,23,26). The van der Waals surface area contributed by atoms with Crippen LogP contribution in [0.4, 0.5) is 23.7 Å². The monoisotopic (exact) mass is 418 g/mol. The second-order valence-electron chi connectivity index (χ2n) is 5.68. The maximum atomic E-state index is 12.9. The minimum Gasteiger partial charge on any atom is -0.467 e. The van der Waals surface area contributed by atoms with E-state index < -0.39 is 23.7 Å². The lowest BCUT2D eigenvalue weighted by molar-refractivity contribution is -0.143. The molecule has 0 aliphatic rings. The van der Waals surface area contributed by atoms with Gasteiger partial charge in [-0.2, -0.15) is 13.2 Å². The van der Waals surface area contributed by atoms with Crippen LogP contribution < -0.4 is 5.32 Å². The second kappa shape index (κ2) is 9.50. The van der Waals surface area contributed by atoms with Gasteiger partial charge in [0, 0.05) is 6.54 Å². The SMILES string of the molecule is CCOC(=O)CCN(Cc1ccco1)C(=O)Nc1cc(C(F)(F)F)ccc1Cl. The van der Waals surface area contributed by atoms with Crippen molar-refractivity contribution in [1.82, 2.24) is 4.90 Å². The Balaban J connectivity index is 2.16. The molecule has 152 valence electrons. The fraction of sp³-hybridized carbons (Fsp3) is 0.333. The summed E-state index contributed by atoms with van der Waals surface area (Å²) >= 11 is 5.91. The summed E-state index contributed by atoms with van der Waals surface area (Å²) in [6, 6.07) is 5.13. The zero-order chi connectivity index (χ0) is 20.7. The van der Waals surface area contributed by atoms with E-state index in [1.807, 2.05) is 0 Å². The van der Waals surface area contributed by atoms with Crippen LogP contribution in [0.25, 0.3) is 0 Å². The van der Waals surface area contributed by atoms with Crippen LogP contribution in [0.5, 0.6) is 0 Å². The van der Waals surface area contributed by atoms with Gasteiger partial charge in [-0.1, -0.05) is 11.6 Å². The summed E-state index contributed by atoms with van der Waals surface area (Å²) in [5.41, 5.74) is -1.14.